The number of rotatable bonds is 19. The molecule has 43 heavy (non-hydrogen) atoms. The number of aromatic nitrogens is 2. The first-order valence-electron chi connectivity index (χ1n) is 16.1. The fourth-order valence-electron chi connectivity index (χ4n) is 5.12. The fraction of sp³-hybridized carbons (Fsp3) is 0.472. The Labute approximate surface area is 262 Å². The van der Waals surface area contributed by atoms with Crippen LogP contribution in [0.25, 0.3) is 22.4 Å². The number of fused-ring (bicyclic) bond motifs is 1. The number of unbranched alkanes of at least 4 members (excludes halogenated alkanes) is 2. The lowest BCUT2D eigenvalue weighted by molar-refractivity contribution is 0.248. The topological polar surface area (TPSA) is 48.8 Å². The number of imidazole rings is 1. The number of hydrogen-bond donors (Lipinski definition) is 0. The zero-order chi connectivity index (χ0) is 30.4. The van der Waals surface area contributed by atoms with Crippen molar-refractivity contribution in [3.8, 4) is 28.6 Å². The number of benzene rings is 3. The van der Waals surface area contributed by atoms with Gasteiger partial charge in [-0.15, -0.1) is 0 Å². The van der Waals surface area contributed by atoms with Crippen LogP contribution in [0, 0.1) is 0 Å². The molecule has 0 fully saturated rings. The molecule has 0 atom stereocenters. The molecule has 0 amide bonds. The molecule has 0 N–H and O–H groups in total. The SMILES string of the molecule is CCCCOc1ccc(-c2nc3ccc(OCCc4ccc(Cl)cc4)cc3n2CCCC)c(OCCCN(CC)CC)c1. The molecule has 1 aromatic heterocycles. The maximum atomic E-state index is 6.47. The second kappa shape index (κ2) is 17.2. The van der Waals surface area contributed by atoms with E-state index < -0.39 is 0 Å². The fourth-order valence-corrected chi connectivity index (χ4v) is 5.25. The van der Waals surface area contributed by atoms with Crippen LogP contribution in [0.1, 0.15) is 65.4 Å². The van der Waals surface area contributed by atoms with Gasteiger partial charge in [-0.3, -0.25) is 0 Å². The summed E-state index contributed by atoms with van der Waals surface area (Å²) in [6.45, 7) is 14.7. The van der Waals surface area contributed by atoms with E-state index in [4.69, 9.17) is 30.8 Å². The highest BCUT2D eigenvalue weighted by Crippen LogP contribution is 2.36. The molecule has 0 aliphatic carbocycles. The Kier molecular flexibility index (Phi) is 13.1. The van der Waals surface area contributed by atoms with Crippen molar-refractivity contribution in [2.75, 3.05) is 39.5 Å². The summed E-state index contributed by atoms with van der Waals surface area (Å²) < 4.78 is 21.0. The third-order valence-electron chi connectivity index (χ3n) is 7.76. The van der Waals surface area contributed by atoms with Gasteiger partial charge in [0, 0.05) is 36.7 Å². The zero-order valence-electron chi connectivity index (χ0n) is 26.4. The molecular formula is C36H48ClN3O3. The standard InChI is InChI=1S/C36H48ClN3O3/c1-5-9-22-40-34-26-30(42-25-20-28-12-14-29(37)15-13-28)17-19-33(34)38-36(40)32-18-16-31(41-23-10-6-2)27-35(32)43-24-11-21-39(7-3)8-4/h12-19,26-27H,5-11,20-25H2,1-4H3. The summed E-state index contributed by atoms with van der Waals surface area (Å²) in [5, 5.41) is 0.748. The average molecular weight is 606 g/mol. The largest absolute Gasteiger partial charge is 0.493 e. The van der Waals surface area contributed by atoms with Gasteiger partial charge in [-0.05, 0) is 74.3 Å². The first kappa shape index (κ1) is 32.7. The molecule has 4 aromatic rings. The molecule has 0 saturated carbocycles. The van der Waals surface area contributed by atoms with Gasteiger partial charge in [-0.25, -0.2) is 4.98 Å². The molecule has 0 bridgehead atoms. The molecule has 0 saturated heterocycles. The van der Waals surface area contributed by atoms with Crippen LogP contribution in [0.2, 0.25) is 5.02 Å². The minimum absolute atomic E-state index is 0.591. The van der Waals surface area contributed by atoms with Crippen LogP contribution in [-0.4, -0.2) is 53.9 Å². The molecule has 4 rings (SSSR count). The van der Waals surface area contributed by atoms with Crippen LogP contribution in [0.3, 0.4) is 0 Å². The third-order valence-corrected chi connectivity index (χ3v) is 8.01. The summed E-state index contributed by atoms with van der Waals surface area (Å²) in [5.74, 6) is 3.42. The number of aryl methyl sites for hydroxylation is 1. The highest BCUT2D eigenvalue weighted by molar-refractivity contribution is 6.30. The monoisotopic (exact) mass is 605 g/mol. The minimum atomic E-state index is 0.591. The second-order valence-corrected chi connectivity index (χ2v) is 11.3. The van der Waals surface area contributed by atoms with Crippen molar-refractivity contribution in [1.82, 2.24) is 14.5 Å². The van der Waals surface area contributed by atoms with Crippen molar-refractivity contribution in [1.29, 1.82) is 0 Å². The normalized spacial score (nSPS) is 11.4. The van der Waals surface area contributed by atoms with Crippen molar-refractivity contribution in [3.05, 3.63) is 71.2 Å². The summed E-state index contributed by atoms with van der Waals surface area (Å²) in [6.07, 6.45) is 6.05. The lowest BCUT2D eigenvalue weighted by Crippen LogP contribution is -2.25. The molecule has 1 heterocycles. The van der Waals surface area contributed by atoms with E-state index in [0.29, 0.717) is 19.8 Å². The Morgan fingerprint density at radius 3 is 2.19 bits per heavy atom. The molecule has 0 aliphatic heterocycles. The smallest absolute Gasteiger partial charge is 0.144 e. The molecule has 0 radical (unpaired) electrons. The third kappa shape index (κ3) is 9.38. The van der Waals surface area contributed by atoms with Gasteiger partial charge in [0.05, 0.1) is 36.4 Å². The summed E-state index contributed by atoms with van der Waals surface area (Å²) >= 11 is 6.04. The molecule has 6 nitrogen and oxygen atoms in total. The van der Waals surface area contributed by atoms with Crippen LogP contribution in [0.5, 0.6) is 17.2 Å². The Bertz CT molecular complexity index is 1400. The zero-order valence-corrected chi connectivity index (χ0v) is 27.2. The van der Waals surface area contributed by atoms with Crippen molar-refractivity contribution in [2.24, 2.45) is 0 Å². The van der Waals surface area contributed by atoms with Crippen molar-refractivity contribution in [3.63, 3.8) is 0 Å². The van der Waals surface area contributed by atoms with Crippen molar-refractivity contribution < 1.29 is 14.2 Å². The van der Waals surface area contributed by atoms with E-state index in [1.165, 1.54) is 5.56 Å². The van der Waals surface area contributed by atoms with Gasteiger partial charge >= 0.3 is 0 Å². The average Bonchev–Trinajstić information content (AvgIpc) is 3.38. The second-order valence-electron chi connectivity index (χ2n) is 10.9. The molecular weight excluding hydrogens is 558 g/mol. The predicted molar refractivity (Wildman–Crippen MR) is 179 cm³/mol. The van der Waals surface area contributed by atoms with Gasteiger partial charge in [0.15, 0.2) is 0 Å². The summed E-state index contributed by atoms with van der Waals surface area (Å²) in [6, 6.07) is 20.3. The van der Waals surface area contributed by atoms with Gasteiger partial charge in [0.25, 0.3) is 0 Å². The Morgan fingerprint density at radius 2 is 1.44 bits per heavy atom. The number of ether oxygens (including phenoxy) is 3. The van der Waals surface area contributed by atoms with E-state index in [9.17, 15) is 0 Å². The quantitative estimate of drug-likeness (QED) is 0.0998. The van der Waals surface area contributed by atoms with Crippen LogP contribution < -0.4 is 14.2 Å². The lowest BCUT2D eigenvalue weighted by atomic mass is 10.1. The molecule has 3 aromatic carbocycles. The highest BCUT2D eigenvalue weighted by atomic mass is 35.5. The minimum Gasteiger partial charge on any atom is -0.493 e. The maximum Gasteiger partial charge on any atom is 0.144 e. The summed E-state index contributed by atoms with van der Waals surface area (Å²) in [7, 11) is 0. The first-order valence-corrected chi connectivity index (χ1v) is 16.4. The van der Waals surface area contributed by atoms with E-state index in [1.807, 2.05) is 42.5 Å². The van der Waals surface area contributed by atoms with Crippen molar-refractivity contribution >= 4 is 22.6 Å². The molecule has 0 unspecified atom stereocenters. The van der Waals surface area contributed by atoms with E-state index in [2.05, 4.69) is 55.4 Å². The van der Waals surface area contributed by atoms with Crippen LogP contribution in [0.4, 0.5) is 0 Å². The van der Waals surface area contributed by atoms with Crippen LogP contribution in [-0.2, 0) is 13.0 Å². The number of hydrogen-bond acceptors (Lipinski definition) is 5. The number of halogens is 1. The molecule has 0 spiro atoms. The lowest BCUT2D eigenvalue weighted by Gasteiger charge is -2.19. The van der Waals surface area contributed by atoms with E-state index in [0.717, 1.165) is 109 Å². The summed E-state index contributed by atoms with van der Waals surface area (Å²) in [4.78, 5) is 7.55. The van der Waals surface area contributed by atoms with Gasteiger partial charge in [0.1, 0.15) is 23.1 Å². The highest BCUT2D eigenvalue weighted by Gasteiger charge is 2.18. The van der Waals surface area contributed by atoms with Crippen LogP contribution in [0.15, 0.2) is 60.7 Å². The Morgan fingerprint density at radius 1 is 0.744 bits per heavy atom. The predicted octanol–water partition coefficient (Wildman–Crippen LogP) is 9.07. The van der Waals surface area contributed by atoms with Crippen LogP contribution >= 0.6 is 11.6 Å². The first-order chi connectivity index (χ1) is 21.1. The van der Waals surface area contributed by atoms with E-state index in [1.54, 1.807) is 0 Å². The van der Waals surface area contributed by atoms with Gasteiger partial charge in [-0.2, -0.15) is 0 Å². The van der Waals surface area contributed by atoms with Gasteiger partial charge in [-0.1, -0.05) is 64.3 Å². The van der Waals surface area contributed by atoms with E-state index >= 15 is 0 Å². The molecule has 7 heteroatoms. The molecule has 232 valence electrons. The Balaban J connectivity index is 1.60. The summed E-state index contributed by atoms with van der Waals surface area (Å²) in [5.41, 5.74) is 4.21. The molecule has 0 aliphatic rings. The maximum absolute atomic E-state index is 6.47. The van der Waals surface area contributed by atoms with Crippen molar-refractivity contribution in [2.45, 2.75) is 72.8 Å². The van der Waals surface area contributed by atoms with Gasteiger partial charge < -0.3 is 23.7 Å². The van der Waals surface area contributed by atoms with Gasteiger partial charge in [0.2, 0.25) is 0 Å². The number of nitrogens with zero attached hydrogens (tertiary/aromatic N) is 3. The Hall–Kier alpha value is -3.22. The van der Waals surface area contributed by atoms with E-state index in [-0.39, 0.29) is 0 Å².